The van der Waals surface area contributed by atoms with Crippen LogP contribution in [0.5, 0.6) is 0 Å². The van der Waals surface area contributed by atoms with Gasteiger partial charge in [0.2, 0.25) is 0 Å². The van der Waals surface area contributed by atoms with E-state index in [0.717, 1.165) is 57.8 Å². The van der Waals surface area contributed by atoms with Crippen molar-refractivity contribution in [2.75, 3.05) is 0 Å². The van der Waals surface area contributed by atoms with E-state index >= 15 is 0 Å². The van der Waals surface area contributed by atoms with Crippen LogP contribution in [-0.4, -0.2) is 23.1 Å². The Morgan fingerprint density at radius 1 is 0.360 bits per heavy atom. The van der Waals surface area contributed by atoms with Crippen LogP contribution in [0.15, 0.2) is 0 Å². The minimum atomic E-state index is -0.705. The third-order valence-corrected chi connectivity index (χ3v) is 10.8. The molecular weight excluding hydrogens is 617 g/mol. The van der Waals surface area contributed by atoms with Crippen molar-refractivity contribution in [3.8, 4) is 0 Å². The van der Waals surface area contributed by atoms with Crippen LogP contribution in [0.4, 0.5) is 0 Å². The number of rotatable bonds is 43. The van der Waals surface area contributed by atoms with Crippen LogP contribution >= 0.6 is 0 Å². The van der Waals surface area contributed by atoms with E-state index in [-0.39, 0.29) is 18.5 Å². The van der Waals surface area contributed by atoms with Gasteiger partial charge in [0, 0.05) is 12.8 Å². The molecule has 0 aromatic rings. The predicted molar refractivity (Wildman–Crippen MR) is 218 cm³/mol. The van der Waals surface area contributed by atoms with Gasteiger partial charge in [-0.05, 0) is 38.5 Å². The summed E-state index contributed by atoms with van der Waals surface area (Å²) in [6.07, 6.45) is 51.4. The summed E-state index contributed by atoms with van der Waals surface area (Å²) in [7, 11) is 0. The molecule has 0 aliphatic carbocycles. The molecule has 0 bridgehead atoms. The Kier molecular flexibility index (Phi) is 41.5. The van der Waals surface area contributed by atoms with Crippen molar-refractivity contribution >= 4 is 11.9 Å². The number of aliphatic carboxylic acids is 1. The van der Waals surface area contributed by atoms with Crippen molar-refractivity contribution in [2.45, 2.75) is 283 Å². The molecular formula is C46H90O4. The quantitative estimate of drug-likeness (QED) is 0.0506. The van der Waals surface area contributed by atoms with Gasteiger partial charge in [0.1, 0.15) is 6.10 Å². The summed E-state index contributed by atoms with van der Waals surface area (Å²) in [6, 6.07) is 0. The van der Waals surface area contributed by atoms with Gasteiger partial charge in [0.15, 0.2) is 0 Å². The highest BCUT2D eigenvalue weighted by atomic mass is 16.5. The smallest absolute Gasteiger partial charge is 0.306 e. The molecule has 0 rings (SSSR count). The molecule has 0 saturated heterocycles. The highest BCUT2D eigenvalue weighted by Crippen LogP contribution is 2.20. The summed E-state index contributed by atoms with van der Waals surface area (Å²) >= 11 is 0. The van der Waals surface area contributed by atoms with Crippen LogP contribution in [0, 0.1) is 0 Å². The van der Waals surface area contributed by atoms with Gasteiger partial charge in [0.05, 0.1) is 0 Å². The second-order valence-corrected chi connectivity index (χ2v) is 16.0. The second-order valence-electron chi connectivity index (χ2n) is 16.0. The zero-order chi connectivity index (χ0) is 36.4. The summed E-state index contributed by atoms with van der Waals surface area (Å²) in [5.41, 5.74) is 0. The molecule has 0 saturated carbocycles. The lowest BCUT2D eigenvalue weighted by atomic mass is 10.0. The Morgan fingerprint density at radius 3 is 0.880 bits per heavy atom. The maximum Gasteiger partial charge on any atom is 0.306 e. The van der Waals surface area contributed by atoms with E-state index in [4.69, 9.17) is 9.84 Å². The Labute approximate surface area is 313 Å². The van der Waals surface area contributed by atoms with Gasteiger partial charge in [-0.1, -0.05) is 226 Å². The zero-order valence-corrected chi connectivity index (χ0v) is 34.2. The van der Waals surface area contributed by atoms with Gasteiger partial charge < -0.3 is 9.84 Å². The molecule has 1 atom stereocenters. The minimum absolute atomic E-state index is 0.00220. The molecule has 4 heteroatoms. The van der Waals surface area contributed by atoms with Crippen molar-refractivity contribution < 1.29 is 19.4 Å². The monoisotopic (exact) mass is 707 g/mol. The molecule has 1 unspecified atom stereocenters. The highest BCUT2D eigenvalue weighted by molar-refractivity contribution is 5.69. The van der Waals surface area contributed by atoms with E-state index in [1.54, 1.807) is 0 Å². The van der Waals surface area contributed by atoms with E-state index in [1.165, 1.54) is 193 Å². The summed E-state index contributed by atoms with van der Waals surface area (Å²) < 4.78 is 6.01. The highest BCUT2D eigenvalue weighted by Gasteiger charge is 2.14. The van der Waals surface area contributed by atoms with Crippen molar-refractivity contribution in [1.82, 2.24) is 0 Å². The normalized spacial score (nSPS) is 12.0. The van der Waals surface area contributed by atoms with Gasteiger partial charge in [-0.15, -0.1) is 0 Å². The van der Waals surface area contributed by atoms with Crippen molar-refractivity contribution in [1.29, 1.82) is 0 Å². The molecule has 0 aromatic heterocycles. The largest absolute Gasteiger partial charge is 0.481 e. The minimum Gasteiger partial charge on any atom is -0.481 e. The Morgan fingerprint density at radius 2 is 0.600 bits per heavy atom. The van der Waals surface area contributed by atoms with E-state index in [9.17, 15) is 9.59 Å². The summed E-state index contributed by atoms with van der Waals surface area (Å²) in [5, 5.41) is 8.87. The standard InChI is InChI=1S/C46H90O4/c1-3-5-7-9-11-13-15-17-18-19-20-21-22-23-24-25-27-29-31-33-39-43-46(49)50-44(41-37-34-35-38-42-45(47)48)40-36-32-30-28-26-16-14-12-10-8-6-4-2/h44H,3-43H2,1-2H3,(H,47,48). The van der Waals surface area contributed by atoms with Crippen LogP contribution in [0.1, 0.15) is 277 Å². The lowest BCUT2D eigenvalue weighted by Gasteiger charge is -2.18. The first kappa shape index (κ1) is 48.9. The van der Waals surface area contributed by atoms with Crippen molar-refractivity contribution in [3.63, 3.8) is 0 Å². The Balaban J connectivity index is 3.81. The molecule has 0 heterocycles. The maximum absolute atomic E-state index is 12.7. The molecule has 50 heavy (non-hydrogen) atoms. The van der Waals surface area contributed by atoms with Gasteiger partial charge in [-0.3, -0.25) is 9.59 Å². The summed E-state index contributed by atoms with van der Waals surface area (Å²) in [5.74, 6) is -0.707. The van der Waals surface area contributed by atoms with Gasteiger partial charge >= 0.3 is 11.9 Å². The number of unbranched alkanes of at least 4 members (excludes halogenated alkanes) is 34. The van der Waals surface area contributed by atoms with Crippen molar-refractivity contribution in [3.05, 3.63) is 0 Å². The third kappa shape index (κ3) is 41.4. The average molecular weight is 707 g/mol. The van der Waals surface area contributed by atoms with Crippen molar-refractivity contribution in [2.24, 2.45) is 0 Å². The van der Waals surface area contributed by atoms with Crippen LogP contribution < -0.4 is 0 Å². The number of hydrogen-bond donors (Lipinski definition) is 1. The molecule has 0 aliphatic heterocycles. The van der Waals surface area contributed by atoms with E-state index in [1.807, 2.05) is 0 Å². The molecule has 0 radical (unpaired) electrons. The number of esters is 1. The van der Waals surface area contributed by atoms with Crippen LogP contribution in [0.25, 0.3) is 0 Å². The summed E-state index contributed by atoms with van der Waals surface area (Å²) in [6.45, 7) is 4.57. The molecule has 298 valence electrons. The number of hydrogen-bond acceptors (Lipinski definition) is 3. The van der Waals surface area contributed by atoms with Crippen LogP contribution in [0.3, 0.4) is 0 Å². The fourth-order valence-corrected chi connectivity index (χ4v) is 7.42. The molecule has 0 aliphatic rings. The van der Waals surface area contributed by atoms with Gasteiger partial charge in [-0.2, -0.15) is 0 Å². The topological polar surface area (TPSA) is 63.6 Å². The number of carbonyl (C=O) groups is 2. The molecule has 0 fully saturated rings. The lowest BCUT2D eigenvalue weighted by molar-refractivity contribution is -0.150. The predicted octanol–water partition coefficient (Wildman–Crippen LogP) is 16.0. The lowest BCUT2D eigenvalue weighted by Crippen LogP contribution is -2.18. The summed E-state index contributed by atoms with van der Waals surface area (Å²) in [4.78, 5) is 23.5. The number of carbonyl (C=O) groups excluding carboxylic acids is 1. The zero-order valence-electron chi connectivity index (χ0n) is 34.2. The number of carboxylic acids is 1. The van der Waals surface area contributed by atoms with E-state index in [2.05, 4.69) is 13.8 Å². The molecule has 1 N–H and O–H groups in total. The van der Waals surface area contributed by atoms with Crippen LogP contribution in [0.2, 0.25) is 0 Å². The first-order valence-electron chi connectivity index (χ1n) is 23.0. The Bertz CT molecular complexity index is 677. The molecule has 4 nitrogen and oxygen atoms in total. The third-order valence-electron chi connectivity index (χ3n) is 10.8. The first-order chi connectivity index (χ1) is 24.6. The molecule has 0 spiro atoms. The fourth-order valence-electron chi connectivity index (χ4n) is 7.42. The molecule has 0 amide bonds. The van der Waals surface area contributed by atoms with E-state index in [0.29, 0.717) is 6.42 Å². The maximum atomic E-state index is 12.7. The van der Waals surface area contributed by atoms with Crippen LogP contribution in [-0.2, 0) is 14.3 Å². The van der Waals surface area contributed by atoms with E-state index < -0.39 is 5.97 Å². The number of ether oxygens (including phenoxy) is 1. The van der Waals surface area contributed by atoms with Gasteiger partial charge in [-0.25, -0.2) is 0 Å². The SMILES string of the molecule is CCCCCCCCCCCCCCCCCCCCCCCC(=O)OC(CCCCCCCCCCCCCC)CCCCCCC(=O)O. The average Bonchev–Trinajstić information content (AvgIpc) is 3.10. The van der Waals surface area contributed by atoms with Gasteiger partial charge in [0.25, 0.3) is 0 Å². The fraction of sp³-hybridized carbons (Fsp3) is 0.957. The Hall–Kier alpha value is -1.06. The second kappa shape index (κ2) is 42.4. The first-order valence-corrected chi connectivity index (χ1v) is 23.0. The molecule has 0 aromatic carbocycles. The number of carboxylic acid groups (broad SMARTS) is 1.